The SMILES string of the molecule is Cc1cc(C)n(C[C@H]2CCCO2)c(=O)c1C(=O)Nc1nc(-c2ccccn2)cs1. The van der Waals surface area contributed by atoms with E-state index in [1.165, 1.54) is 11.3 Å². The van der Waals surface area contributed by atoms with E-state index in [2.05, 4.69) is 15.3 Å². The molecule has 1 saturated heterocycles. The van der Waals surface area contributed by atoms with Gasteiger partial charge in [-0.15, -0.1) is 11.3 Å². The third-order valence-corrected chi connectivity index (χ3v) is 5.75. The van der Waals surface area contributed by atoms with Gasteiger partial charge in [0.05, 0.1) is 18.3 Å². The smallest absolute Gasteiger partial charge is 0.263 e. The van der Waals surface area contributed by atoms with Crippen molar-refractivity contribution in [3.05, 3.63) is 63.0 Å². The Morgan fingerprint density at radius 3 is 2.93 bits per heavy atom. The number of hydrogen-bond acceptors (Lipinski definition) is 6. The maximum absolute atomic E-state index is 13.1. The lowest BCUT2D eigenvalue weighted by atomic mass is 10.1. The van der Waals surface area contributed by atoms with Crippen LogP contribution < -0.4 is 10.9 Å². The number of nitrogens with one attached hydrogen (secondary N) is 1. The van der Waals surface area contributed by atoms with E-state index in [0.29, 0.717) is 22.9 Å². The van der Waals surface area contributed by atoms with Gasteiger partial charge >= 0.3 is 0 Å². The first-order valence-electron chi connectivity index (χ1n) is 9.54. The van der Waals surface area contributed by atoms with E-state index in [9.17, 15) is 9.59 Å². The van der Waals surface area contributed by atoms with Gasteiger partial charge in [-0.05, 0) is 50.5 Å². The van der Waals surface area contributed by atoms with Crippen LogP contribution in [0.25, 0.3) is 11.4 Å². The van der Waals surface area contributed by atoms with Crippen LogP contribution in [0.2, 0.25) is 0 Å². The molecular formula is C21H22N4O3S. The summed E-state index contributed by atoms with van der Waals surface area (Å²) in [4.78, 5) is 34.7. The zero-order valence-corrected chi connectivity index (χ0v) is 17.2. The van der Waals surface area contributed by atoms with E-state index in [-0.39, 0.29) is 17.2 Å². The number of rotatable bonds is 5. The van der Waals surface area contributed by atoms with Gasteiger partial charge in [0.25, 0.3) is 11.5 Å². The molecule has 8 heteroatoms. The lowest BCUT2D eigenvalue weighted by molar-refractivity contribution is 0.0947. The Morgan fingerprint density at radius 2 is 2.21 bits per heavy atom. The number of nitrogens with zero attached hydrogens (tertiary/aromatic N) is 3. The number of anilines is 1. The third kappa shape index (κ3) is 4.13. The average Bonchev–Trinajstić information content (AvgIpc) is 3.38. The van der Waals surface area contributed by atoms with Crippen LogP contribution in [-0.2, 0) is 11.3 Å². The summed E-state index contributed by atoms with van der Waals surface area (Å²) in [6.07, 6.45) is 3.64. The fourth-order valence-corrected chi connectivity index (χ4v) is 4.24. The van der Waals surface area contributed by atoms with E-state index in [0.717, 1.165) is 30.8 Å². The predicted molar refractivity (Wildman–Crippen MR) is 112 cm³/mol. The zero-order chi connectivity index (χ0) is 20.4. The lowest BCUT2D eigenvalue weighted by Crippen LogP contribution is -2.34. The molecule has 0 aliphatic carbocycles. The summed E-state index contributed by atoms with van der Waals surface area (Å²) in [6, 6.07) is 7.44. The Labute approximate surface area is 172 Å². The number of thiazole rings is 1. The molecule has 1 fully saturated rings. The highest BCUT2D eigenvalue weighted by Gasteiger charge is 2.22. The van der Waals surface area contributed by atoms with Gasteiger partial charge in [0.15, 0.2) is 5.13 Å². The first-order valence-corrected chi connectivity index (χ1v) is 10.4. The van der Waals surface area contributed by atoms with Crippen LogP contribution in [0.15, 0.2) is 40.6 Å². The molecule has 7 nitrogen and oxygen atoms in total. The maximum Gasteiger partial charge on any atom is 0.263 e. The van der Waals surface area contributed by atoms with Crippen molar-refractivity contribution < 1.29 is 9.53 Å². The van der Waals surface area contributed by atoms with Crippen LogP contribution in [0.1, 0.15) is 34.5 Å². The highest BCUT2D eigenvalue weighted by molar-refractivity contribution is 7.14. The summed E-state index contributed by atoms with van der Waals surface area (Å²) >= 11 is 1.30. The molecule has 150 valence electrons. The zero-order valence-electron chi connectivity index (χ0n) is 16.3. The van der Waals surface area contributed by atoms with Crippen LogP contribution >= 0.6 is 11.3 Å². The fourth-order valence-electron chi connectivity index (χ4n) is 3.54. The van der Waals surface area contributed by atoms with Crippen molar-refractivity contribution in [2.24, 2.45) is 0 Å². The Bertz CT molecular complexity index is 1090. The molecule has 1 atom stereocenters. The Morgan fingerprint density at radius 1 is 1.34 bits per heavy atom. The van der Waals surface area contributed by atoms with Crippen molar-refractivity contribution in [3.63, 3.8) is 0 Å². The second-order valence-electron chi connectivity index (χ2n) is 7.10. The summed E-state index contributed by atoms with van der Waals surface area (Å²) in [6.45, 7) is 4.85. The monoisotopic (exact) mass is 410 g/mol. The number of carbonyl (C=O) groups is 1. The van der Waals surface area contributed by atoms with E-state index >= 15 is 0 Å². The molecule has 1 N–H and O–H groups in total. The molecule has 0 bridgehead atoms. The highest BCUT2D eigenvalue weighted by atomic mass is 32.1. The molecule has 0 radical (unpaired) electrons. The summed E-state index contributed by atoms with van der Waals surface area (Å²) in [5, 5.41) is 5.03. The van der Waals surface area contributed by atoms with Crippen molar-refractivity contribution in [1.29, 1.82) is 0 Å². The van der Waals surface area contributed by atoms with E-state index in [1.54, 1.807) is 17.7 Å². The van der Waals surface area contributed by atoms with Gasteiger partial charge in [-0.2, -0.15) is 0 Å². The Kier molecular flexibility index (Phi) is 5.55. The lowest BCUT2D eigenvalue weighted by Gasteiger charge is -2.17. The average molecular weight is 410 g/mol. The van der Waals surface area contributed by atoms with Crippen LogP contribution in [0.3, 0.4) is 0 Å². The summed E-state index contributed by atoms with van der Waals surface area (Å²) in [5.74, 6) is -0.449. The van der Waals surface area contributed by atoms with Crippen molar-refractivity contribution in [3.8, 4) is 11.4 Å². The normalized spacial score (nSPS) is 16.1. The molecule has 0 unspecified atom stereocenters. The first-order chi connectivity index (χ1) is 14.0. The molecule has 4 heterocycles. The number of aromatic nitrogens is 3. The minimum Gasteiger partial charge on any atom is -0.376 e. The number of pyridine rings is 2. The molecule has 3 aromatic rings. The second-order valence-corrected chi connectivity index (χ2v) is 7.96. The Balaban J connectivity index is 1.58. The number of hydrogen-bond donors (Lipinski definition) is 1. The first kappa shape index (κ1) is 19.5. The molecule has 0 aromatic carbocycles. The molecule has 0 saturated carbocycles. The van der Waals surface area contributed by atoms with Crippen molar-refractivity contribution in [1.82, 2.24) is 14.5 Å². The standard InChI is InChI=1S/C21H22N4O3S/c1-13-10-14(2)25(11-15-6-5-9-28-15)20(27)18(13)19(26)24-21-23-17(12-29-21)16-7-3-4-8-22-16/h3-4,7-8,10,12,15H,5-6,9,11H2,1-2H3,(H,23,24,26)/t15-/m1/s1. The molecule has 1 amide bonds. The maximum atomic E-state index is 13.1. The van der Waals surface area contributed by atoms with Gasteiger partial charge in [0.2, 0.25) is 0 Å². The number of aryl methyl sites for hydroxylation is 2. The molecule has 1 aliphatic rings. The minimum absolute atomic E-state index is 0.0184. The number of ether oxygens (including phenoxy) is 1. The summed E-state index contributed by atoms with van der Waals surface area (Å²) < 4.78 is 7.30. The third-order valence-electron chi connectivity index (χ3n) is 4.99. The van der Waals surface area contributed by atoms with Crippen molar-refractivity contribution in [2.75, 3.05) is 11.9 Å². The largest absolute Gasteiger partial charge is 0.376 e. The molecule has 4 rings (SSSR count). The van der Waals surface area contributed by atoms with Crippen LogP contribution in [0.4, 0.5) is 5.13 Å². The van der Waals surface area contributed by atoms with E-state index in [1.807, 2.05) is 36.6 Å². The number of carbonyl (C=O) groups excluding carboxylic acids is 1. The van der Waals surface area contributed by atoms with Gasteiger partial charge in [-0.25, -0.2) is 4.98 Å². The molecular weight excluding hydrogens is 388 g/mol. The molecule has 0 spiro atoms. The van der Waals surface area contributed by atoms with E-state index in [4.69, 9.17) is 4.74 Å². The fraction of sp³-hybridized carbons (Fsp3) is 0.333. The summed E-state index contributed by atoms with van der Waals surface area (Å²) in [7, 11) is 0. The Hall–Kier alpha value is -2.84. The minimum atomic E-state index is -0.449. The van der Waals surface area contributed by atoms with Gasteiger partial charge in [-0.3, -0.25) is 19.9 Å². The van der Waals surface area contributed by atoms with Crippen LogP contribution in [0.5, 0.6) is 0 Å². The number of amides is 1. The second kappa shape index (κ2) is 8.26. The highest BCUT2D eigenvalue weighted by Crippen LogP contribution is 2.23. The van der Waals surface area contributed by atoms with Gasteiger partial charge < -0.3 is 9.30 Å². The van der Waals surface area contributed by atoms with Crippen LogP contribution in [0, 0.1) is 13.8 Å². The van der Waals surface area contributed by atoms with E-state index < -0.39 is 5.91 Å². The van der Waals surface area contributed by atoms with Crippen molar-refractivity contribution in [2.45, 2.75) is 39.3 Å². The van der Waals surface area contributed by atoms with Crippen LogP contribution in [-0.4, -0.2) is 33.2 Å². The van der Waals surface area contributed by atoms with Gasteiger partial charge in [-0.1, -0.05) is 6.07 Å². The quantitative estimate of drug-likeness (QED) is 0.697. The van der Waals surface area contributed by atoms with Crippen molar-refractivity contribution >= 4 is 22.4 Å². The van der Waals surface area contributed by atoms with Gasteiger partial charge in [0, 0.05) is 23.9 Å². The molecule has 1 aliphatic heterocycles. The predicted octanol–water partition coefficient (Wildman–Crippen LogP) is 3.41. The summed E-state index contributed by atoms with van der Waals surface area (Å²) in [5.41, 5.74) is 2.73. The molecule has 3 aromatic heterocycles. The topological polar surface area (TPSA) is 86.1 Å². The van der Waals surface area contributed by atoms with Gasteiger partial charge in [0.1, 0.15) is 11.3 Å². The molecule has 29 heavy (non-hydrogen) atoms.